The van der Waals surface area contributed by atoms with E-state index < -0.39 is 11.8 Å². The van der Waals surface area contributed by atoms with Crippen LogP contribution >= 0.6 is 0 Å². The van der Waals surface area contributed by atoms with Crippen LogP contribution in [0.3, 0.4) is 0 Å². The van der Waals surface area contributed by atoms with Gasteiger partial charge in [-0.05, 0) is 35.9 Å². The second-order valence-corrected chi connectivity index (χ2v) is 4.88. The maximum atomic E-state index is 11.9. The SMILES string of the molecule is COc1cc(/C=N/NC(=O)c2ccccc2O)ccc1OCC(N)=O. The lowest BCUT2D eigenvalue weighted by Gasteiger charge is -2.09. The van der Waals surface area contributed by atoms with Crippen LogP contribution in [0.2, 0.25) is 0 Å². The Hall–Kier alpha value is -3.55. The average molecular weight is 343 g/mol. The van der Waals surface area contributed by atoms with Crippen molar-refractivity contribution >= 4 is 18.0 Å². The molecule has 0 spiro atoms. The second kappa shape index (κ2) is 8.34. The molecule has 8 nitrogen and oxygen atoms in total. The minimum absolute atomic E-state index is 0.118. The van der Waals surface area contributed by atoms with E-state index in [0.29, 0.717) is 17.1 Å². The molecule has 0 aromatic heterocycles. The van der Waals surface area contributed by atoms with Gasteiger partial charge in [-0.2, -0.15) is 5.10 Å². The van der Waals surface area contributed by atoms with Gasteiger partial charge in [0.25, 0.3) is 11.8 Å². The number of benzene rings is 2. The molecule has 25 heavy (non-hydrogen) atoms. The highest BCUT2D eigenvalue weighted by Gasteiger charge is 2.09. The minimum atomic E-state index is -0.598. The fourth-order valence-electron chi connectivity index (χ4n) is 1.92. The summed E-state index contributed by atoms with van der Waals surface area (Å²) in [5, 5.41) is 13.4. The van der Waals surface area contributed by atoms with Gasteiger partial charge in [0, 0.05) is 0 Å². The third kappa shape index (κ3) is 4.96. The number of hydrazone groups is 1. The summed E-state index contributed by atoms with van der Waals surface area (Å²) >= 11 is 0. The summed E-state index contributed by atoms with van der Waals surface area (Å²) in [6.45, 7) is -0.263. The van der Waals surface area contributed by atoms with Crippen molar-refractivity contribution in [1.29, 1.82) is 0 Å². The zero-order valence-electron chi connectivity index (χ0n) is 13.4. The van der Waals surface area contributed by atoms with Crippen LogP contribution in [0.1, 0.15) is 15.9 Å². The predicted octanol–water partition coefficient (Wildman–Crippen LogP) is 1.03. The Bertz CT molecular complexity index is 805. The van der Waals surface area contributed by atoms with Crippen LogP contribution in [0.4, 0.5) is 0 Å². The van der Waals surface area contributed by atoms with Crippen LogP contribution in [0.25, 0.3) is 0 Å². The summed E-state index contributed by atoms with van der Waals surface area (Å²) in [6, 6.07) is 11.0. The van der Waals surface area contributed by atoms with E-state index in [4.69, 9.17) is 15.2 Å². The smallest absolute Gasteiger partial charge is 0.275 e. The van der Waals surface area contributed by atoms with Gasteiger partial charge in [-0.25, -0.2) is 5.43 Å². The Kier molecular flexibility index (Phi) is 5.94. The first-order valence-corrected chi connectivity index (χ1v) is 7.22. The summed E-state index contributed by atoms with van der Waals surface area (Å²) in [7, 11) is 1.45. The van der Waals surface area contributed by atoms with E-state index in [-0.39, 0.29) is 17.9 Å². The summed E-state index contributed by atoms with van der Waals surface area (Å²) < 4.78 is 10.4. The molecule has 0 fully saturated rings. The summed E-state index contributed by atoms with van der Waals surface area (Å²) in [6.07, 6.45) is 1.40. The number of hydrogen-bond donors (Lipinski definition) is 3. The number of hydrogen-bond acceptors (Lipinski definition) is 6. The van der Waals surface area contributed by atoms with Crippen LogP contribution in [0.15, 0.2) is 47.6 Å². The molecule has 0 radical (unpaired) electrons. The lowest BCUT2D eigenvalue weighted by Crippen LogP contribution is -2.20. The van der Waals surface area contributed by atoms with Crippen molar-refractivity contribution in [2.75, 3.05) is 13.7 Å². The molecule has 0 atom stereocenters. The quantitative estimate of drug-likeness (QED) is 0.512. The third-order valence-corrected chi connectivity index (χ3v) is 3.09. The van der Waals surface area contributed by atoms with Crippen LogP contribution in [0.5, 0.6) is 17.2 Å². The number of ether oxygens (including phenoxy) is 2. The number of carbonyl (C=O) groups is 2. The topological polar surface area (TPSA) is 123 Å². The van der Waals surface area contributed by atoms with Crippen molar-refractivity contribution in [1.82, 2.24) is 5.43 Å². The number of phenolic OH excluding ortho intramolecular Hbond substituents is 1. The van der Waals surface area contributed by atoms with Gasteiger partial charge < -0.3 is 20.3 Å². The highest BCUT2D eigenvalue weighted by Crippen LogP contribution is 2.27. The number of nitrogens with one attached hydrogen (secondary N) is 1. The summed E-state index contributed by atoms with van der Waals surface area (Å²) in [5.41, 5.74) is 8.09. The molecule has 0 aliphatic heterocycles. The Labute approximate surface area is 143 Å². The maximum Gasteiger partial charge on any atom is 0.275 e. The molecule has 2 aromatic rings. The van der Waals surface area contributed by atoms with Gasteiger partial charge in [-0.3, -0.25) is 9.59 Å². The molecule has 0 bridgehead atoms. The molecule has 4 N–H and O–H groups in total. The Morgan fingerprint density at radius 1 is 1.24 bits per heavy atom. The molecule has 0 aliphatic rings. The molecule has 0 saturated carbocycles. The number of amides is 2. The minimum Gasteiger partial charge on any atom is -0.507 e. The molecule has 130 valence electrons. The van der Waals surface area contributed by atoms with Gasteiger partial charge in [0.05, 0.1) is 18.9 Å². The zero-order chi connectivity index (χ0) is 18.2. The number of phenols is 1. The zero-order valence-corrected chi connectivity index (χ0v) is 13.4. The molecular formula is C17H17N3O5. The highest BCUT2D eigenvalue weighted by atomic mass is 16.5. The number of nitrogens with two attached hydrogens (primary N) is 1. The molecular weight excluding hydrogens is 326 g/mol. The number of para-hydroxylation sites is 1. The first kappa shape index (κ1) is 17.8. The van der Waals surface area contributed by atoms with Crippen LogP contribution in [-0.2, 0) is 4.79 Å². The van der Waals surface area contributed by atoms with E-state index in [2.05, 4.69) is 10.5 Å². The first-order valence-electron chi connectivity index (χ1n) is 7.22. The van der Waals surface area contributed by atoms with Crippen molar-refractivity contribution in [2.24, 2.45) is 10.8 Å². The number of nitrogens with zero attached hydrogens (tertiary/aromatic N) is 1. The monoisotopic (exact) mass is 343 g/mol. The molecule has 0 heterocycles. The van der Waals surface area contributed by atoms with Gasteiger partial charge in [-0.1, -0.05) is 12.1 Å². The fourth-order valence-corrected chi connectivity index (χ4v) is 1.92. The Morgan fingerprint density at radius 3 is 2.68 bits per heavy atom. The van der Waals surface area contributed by atoms with Crippen molar-refractivity contribution in [3.63, 3.8) is 0 Å². The van der Waals surface area contributed by atoms with Crippen molar-refractivity contribution in [2.45, 2.75) is 0 Å². The van der Waals surface area contributed by atoms with Gasteiger partial charge in [0.1, 0.15) is 5.75 Å². The standard InChI is InChI=1S/C17H17N3O5/c1-24-15-8-11(6-7-14(15)25-10-16(18)22)9-19-20-17(23)12-4-2-3-5-13(12)21/h2-9,21H,10H2,1H3,(H2,18,22)(H,20,23)/b19-9+. The number of carbonyl (C=O) groups excluding carboxylic acids is 2. The number of rotatable bonds is 7. The van der Waals surface area contributed by atoms with E-state index in [9.17, 15) is 14.7 Å². The Balaban J connectivity index is 2.04. The highest BCUT2D eigenvalue weighted by molar-refractivity contribution is 5.97. The summed E-state index contributed by atoms with van der Waals surface area (Å²) in [4.78, 5) is 22.7. The van der Waals surface area contributed by atoms with Crippen molar-refractivity contribution in [3.05, 3.63) is 53.6 Å². The summed E-state index contributed by atoms with van der Waals surface area (Å²) in [5.74, 6) is -0.524. The lowest BCUT2D eigenvalue weighted by atomic mass is 10.2. The molecule has 8 heteroatoms. The van der Waals surface area contributed by atoms with Gasteiger partial charge in [-0.15, -0.1) is 0 Å². The Morgan fingerprint density at radius 2 is 2.00 bits per heavy atom. The van der Waals surface area contributed by atoms with E-state index in [0.717, 1.165) is 0 Å². The molecule has 2 rings (SSSR count). The van der Waals surface area contributed by atoms with Crippen LogP contribution in [-0.4, -0.2) is 36.9 Å². The van der Waals surface area contributed by atoms with Gasteiger partial charge >= 0.3 is 0 Å². The third-order valence-electron chi connectivity index (χ3n) is 3.09. The van der Waals surface area contributed by atoms with E-state index in [1.807, 2.05) is 0 Å². The fraction of sp³-hybridized carbons (Fsp3) is 0.118. The molecule has 0 aliphatic carbocycles. The second-order valence-electron chi connectivity index (χ2n) is 4.88. The number of primary amides is 1. The van der Waals surface area contributed by atoms with Gasteiger partial charge in [0.2, 0.25) is 0 Å². The van der Waals surface area contributed by atoms with Crippen molar-refractivity contribution < 1.29 is 24.2 Å². The lowest BCUT2D eigenvalue weighted by molar-refractivity contribution is -0.119. The van der Waals surface area contributed by atoms with Crippen molar-refractivity contribution in [3.8, 4) is 17.2 Å². The molecule has 2 amide bonds. The van der Waals surface area contributed by atoms with E-state index in [1.54, 1.807) is 30.3 Å². The van der Waals surface area contributed by atoms with E-state index in [1.165, 1.54) is 25.5 Å². The van der Waals surface area contributed by atoms with Gasteiger partial charge in [0.15, 0.2) is 18.1 Å². The molecule has 2 aromatic carbocycles. The van der Waals surface area contributed by atoms with E-state index >= 15 is 0 Å². The van der Waals surface area contributed by atoms with Crippen LogP contribution in [0, 0.1) is 0 Å². The normalized spacial score (nSPS) is 10.4. The molecule has 0 saturated heterocycles. The number of methoxy groups -OCH3 is 1. The predicted molar refractivity (Wildman–Crippen MR) is 90.9 cm³/mol. The largest absolute Gasteiger partial charge is 0.507 e. The average Bonchev–Trinajstić information content (AvgIpc) is 2.60. The van der Waals surface area contributed by atoms with Crippen LogP contribution < -0.4 is 20.6 Å². The number of aromatic hydroxyl groups is 1. The first-order chi connectivity index (χ1) is 12.0. The molecule has 0 unspecified atom stereocenters. The maximum absolute atomic E-state index is 11.9.